The Labute approximate surface area is 89.3 Å². The van der Waals surface area contributed by atoms with E-state index in [9.17, 15) is 21.6 Å². The maximum absolute atomic E-state index is 12.4. The van der Waals surface area contributed by atoms with E-state index in [1.165, 1.54) is 0 Å². The van der Waals surface area contributed by atoms with Gasteiger partial charge in [0.25, 0.3) is 0 Å². The van der Waals surface area contributed by atoms with Crippen molar-refractivity contribution in [2.75, 3.05) is 0 Å². The van der Waals surface area contributed by atoms with Gasteiger partial charge in [-0.05, 0) is 12.1 Å². The molecule has 0 saturated heterocycles. The Hall–Kier alpha value is -1.50. The summed E-state index contributed by atoms with van der Waals surface area (Å²) in [7, 11) is -3.82. The highest BCUT2D eigenvalue weighted by Crippen LogP contribution is 2.36. The summed E-state index contributed by atoms with van der Waals surface area (Å²) in [6.45, 7) is 0. The van der Waals surface area contributed by atoms with Gasteiger partial charge in [0.2, 0.25) is 9.84 Å². The minimum Gasteiger partial charge on any atom is -0.398 e. The van der Waals surface area contributed by atoms with Gasteiger partial charge in [-0.2, -0.15) is 13.2 Å². The van der Waals surface area contributed by atoms with Crippen molar-refractivity contribution in [1.29, 1.82) is 0 Å². The van der Waals surface area contributed by atoms with Crippen LogP contribution in [0.15, 0.2) is 28.5 Å². The van der Waals surface area contributed by atoms with Crippen LogP contribution in [0.4, 0.5) is 13.2 Å². The molecule has 0 spiro atoms. The smallest absolute Gasteiger partial charge is 0.398 e. The molecule has 0 saturated carbocycles. The van der Waals surface area contributed by atoms with E-state index in [-0.39, 0.29) is 16.2 Å². The fraction of sp³-hybridized carbons (Fsp3) is 0.111. The van der Waals surface area contributed by atoms with Gasteiger partial charge in [0.05, 0.1) is 21.6 Å². The molecular formula is C9H6F3NO2S. The molecule has 2 rings (SSSR count). The van der Waals surface area contributed by atoms with Crippen LogP contribution < -0.4 is 5.73 Å². The second kappa shape index (κ2) is 3.00. The Bertz CT molecular complexity index is 587. The predicted octanol–water partition coefficient (Wildman–Crippen LogP) is 1.75. The van der Waals surface area contributed by atoms with Crippen LogP contribution in [-0.4, -0.2) is 8.42 Å². The first kappa shape index (κ1) is 11.0. The number of benzene rings is 1. The third-order valence-corrected chi connectivity index (χ3v) is 3.72. The van der Waals surface area contributed by atoms with Gasteiger partial charge in [-0.15, -0.1) is 0 Å². The second-order valence-corrected chi connectivity index (χ2v) is 5.09. The summed E-state index contributed by atoms with van der Waals surface area (Å²) >= 11 is 0. The minimum atomic E-state index is -4.57. The van der Waals surface area contributed by atoms with Crippen molar-refractivity contribution in [3.63, 3.8) is 0 Å². The van der Waals surface area contributed by atoms with E-state index < -0.39 is 21.6 Å². The van der Waals surface area contributed by atoms with Gasteiger partial charge < -0.3 is 5.73 Å². The minimum absolute atomic E-state index is 0.0382. The number of halogens is 3. The SMILES string of the molecule is NC1=CS(=O)(=O)c2cc(C(F)(F)F)ccc21. The lowest BCUT2D eigenvalue weighted by Crippen LogP contribution is -2.07. The molecule has 1 aromatic rings. The van der Waals surface area contributed by atoms with Crippen LogP contribution in [0.3, 0.4) is 0 Å². The predicted molar refractivity (Wildman–Crippen MR) is 50.8 cm³/mol. The second-order valence-electron chi connectivity index (χ2n) is 3.33. The molecule has 16 heavy (non-hydrogen) atoms. The Morgan fingerprint density at radius 1 is 1.19 bits per heavy atom. The first-order valence-electron chi connectivity index (χ1n) is 4.16. The quantitative estimate of drug-likeness (QED) is 0.762. The molecule has 2 N–H and O–H groups in total. The molecule has 86 valence electrons. The third-order valence-electron chi connectivity index (χ3n) is 2.21. The standard InChI is InChI=1S/C9H6F3NO2S/c10-9(11,12)5-1-2-6-7(13)4-16(14,15)8(6)3-5/h1-4H,13H2. The van der Waals surface area contributed by atoms with Crippen molar-refractivity contribution in [1.82, 2.24) is 0 Å². The molecular weight excluding hydrogens is 243 g/mol. The maximum Gasteiger partial charge on any atom is 0.416 e. The van der Waals surface area contributed by atoms with Crippen molar-refractivity contribution < 1.29 is 21.6 Å². The molecule has 0 atom stereocenters. The van der Waals surface area contributed by atoms with Gasteiger partial charge >= 0.3 is 6.18 Å². The molecule has 1 aliphatic rings. The molecule has 0 radical (unpaired) electrons. The molecule has 0 bridgehead atoms. The fourth-order valence-electron chi connectivity index (χ4n) is 1.47. The van der Waals surface area contributed by atoms with Crippen LogP contribution in [0.2, 0.25) is 0 Å². The van der Waals surface area contributed by atoms with E-state index in [1.807, 2.05) is 0 Å². The molecule has 1 aliphatic heterocycles. The molecule has 1 heterocycles. The van der Waals surface area contributed by atoms with Crippen LogP contribution >= 0.6 is 0 Å². The van der Waals surface area contributed by atoms with E-state index in [4.69, 9.17) is 5.73 Å². The van der Waals surface area contributed by atoms with Crippen molar-refractivity contribution in [3.8, 4) is 0 Å². The summed E-state index contributed by atoms with van der Waals surface area (Å²) in [4.78, 5) is -0.389. The molecule has 0 amide bonds. The Morgan fingerprint density at radius 3 is 2.38 bits per heavy atom. The Kier molecular flexibility index (Phi) is 2.06. The van der Waals surface area contributed by atoms with Gasteiger partial charge in [-0.1, -0.05) is 6.07 Å². The van der Waals surface area contributed by atoms with Crippen LogP contribution in [0.1, 0.15) is 11.1 Å². The van der Waals surface area contributed by atoms with Crippen LogP contribution in [-0.2, 0) is 16.0 Å². The van der Waals surface area contributed by atoms with Crippen molar-refractivity contribution in [2.45, 2.75) is 11.1 Å². The molecule has 0 fully saturated rings. The van der Waals surface area contributed by atoms with E-state index in [1.54, 1.807) is 0 Å². The molecule has 7 heteroatoms. The van der Waals surface area contributed by atoms with E-state index in [0.717, 1.165) is 17.5 Å². The number of hydrogen-bond donors (Lipinski definition) is 1. The number of rotatable bonds is 0. The number of hydrogen-bond acceptors (Lipinski definition) is 3. The zero-order valence-corrected chi connectivity index (χ0v) is 8.56. The average molecular weight is 249 g/mol. The highest BCUT2D eigenvalue weighted by molar-refractivity contribution is 7.95. The number of fused-ring (bicyclic) bond motifs is 1. The molecule has 0 aromatic heterocycles. The summed E-state index contributed by atoms with van der Waals surface area (Å²) in [5.74, 6) is 0. The molecule has 0 aliphatic carbocycles. The highest BCUT2D eigenvalue weighted by atomic mass is 32.2. The zero-order valence-electron chi connectivity index (χ0n) is 7.75. The molecule has 3 nitrogen and oxygen atoms in total. The largest absolute Gasteiger partial charge is 0.416 e. The summed E-state index contributed by atoms with van der Waals surface area (Å²) in [5.41, 5.74) is 4.46. The highest BCUT2D eigenvalue weighted by Gasteiger charge is 2.34. The lowest BCUT2D eigenvalue weighted by molar-refractivity contribution is -0.137. The Morgan fingerprint density at radius 2 is 1.81 bits per heavy atom. The van der Waals surface area contributed by atoms with E-state index in [0.29, 0.717) is 6.07 Å². The summed E-state index contributed by atoms with van der Waals surface area (Å²) < 4.78 is 59.9. The van der Waals surface area contributed by atoms with Gasteiger partial charge in [-0.25, -0.2) is 8.42 Å². The van der Waals surface area contributed by atoms with Crippen molar-refractivity contribution in [2.24, 2.45) is 5.73 Å². The van der Waals surface area contributed by atoms with Crippen molar-refractivity contribution >= 4 is 15.5 Å². The zero-order chi connectivity index (χ0) is 12.1. The van der Waals surface area contributed by atoms with Gasteiger partial charge in [0.1, 0.15) is 0 Å². The topological polar surface area (TPSA) is 60.2 Å². The van der Waals surface area contributed by atoms with Crippen LogP contribution in [0.25, 0.3) is 5.70 Å². The number of alkyl halides is 3. The molecule has 1 aromatic carbocycles. The summed E-state index contributed by atoms with van der Waals surface area (Å²) in [6.07, 6.45) is -4.57. The van der Waals surface area contributed by atoms with Crippen LogP contribution in [0.5, 0.6) is 0 Å². The maximum atomic E-state index is 12.4. The van der Waals surface area contributed by atoms with Crippen molar-refractivity contribution in [3.05, 3.63) is 34.7 Å². The first-order valence-corrected chi connectivity index (χ1v) is 5.70. The monoisotopic (exact) mass is 249 g/mol. The average Bonchev–Trinajstić information content (AvgIpc) is 2.36. The summed E-state index contributed by atoms with van der Waals surface area (Å²) in [5, 5.41) is 0.762. The van der Waals surface area contributed by atoms with E-state index >= 15 is 0 Å². The third kappa shape index (κ3) is 1.57. The fourth-order valence-corrected chi connectivity index (χ4v) is 2.84. The van der Waals surface area contributed by atoms with Gasteiger partial charge in [-0.3, -0.25) is 0 Å². The lowest BCUT2D eigenvalue weighted by Gasteiger charge is -2.08. The van der Waals surface area contributed by atoms with Crippen LogP contribution in [0, 0.1) is 0 Å². The normalized spacial score (nSPS) is 18.1. The molecule has 0 unspecified atom stereocenters. The first-order chi connectivity index (χ1) is 7.22. The lowest BCUT2D eigenvalue weighted by atomic mass is 10.1. The van der Waals surface area contributed by atoms with Gasteiger partial charge in [0.15, 0.2) is 0 Å². The number of nitrogens with two attached hydrogens (primary N) is 1. The Balaban J connectivity index is 2.69. The summed E-state index contributed by atoms with van der Waals surface area (Å²) in [6, 6.07) is 2.47. The van der Waals surface area contributed by atoms with Gasteiger partial charge in [0, 0.05) is 5.56 Å². The van der Waals surface area contributed by atoms with E-state index in [2.05, 4.69) is 0 Å². The number of sulfone groups is 1.